The van der Waals surface area contributed by atoms with E-state index >= 15 is 0 Å². The number of carbonyl (C=O) groups excluding carboxylic acids is 1. The van der Waals surface area contributed by atoms with Crippen molar-refractivity contribution in [1.29, 1.82) is 0 Å². The van der Waals surface area contributed by atoms with E-state index in [1.165, 1.54) is 37.6 Å². The first-order chi connectivity index (χ1) is 12.6. The third kappa shape index (κ3) is 3.11. The van der Waals surface area contributed by atoms with Crippen LogP contribution in [-0.4, -0.2) is 31.1 Å². The van der Waals surface area contributed by atoms with Crippen LogP contribution in [0.4, 0.5) is 4.39 Å². The summed E-state index contributed by atoms with van der Waals surface area (Å²) in [6.07, 6.45) is 1.20. The lowest BCUT2D eigenvalue weighted by Crippen LogP contribution is -2.05. The molecule has 0 unspecified atom stereocenters. The Morgan fingerprint density at radius 2 is 2.04 bits per heavy atom. The summed E-state index contributed by atoms with van der Waals surface area (Å²) in [5.41, 5.74) is 1.60. The summed E-state index contributed by atoms with van der Waals surface area (Å²) >= 11 is 0. The van der Waals surface area contributed by atoms with E-state index in [-0.39, 0.29) is 17.9 Å². The summed E-state index contributed by atoms with van der Waals surface area (Å²) < 4.78 is 29.5. The molecule has 6 nitrogen and oxygen atoms in total. The van der Waals surface area contributed by atoms with Gasteiger partial charge in [0.2, 0.25) is 0 Å². The lowest BCUT2D eigenvalue weighted by molar-refractivity contribution is 0.0528. The van der Waals surface area contributed by atoms with Crippen LogP contribution < -0.4 is 4.74 Å². The summed E-state index contributed by atoms with van der Waals surface area (Å²) in [7, 11) is 1.46. The average Bonchev–Trinajstić information content (AvgIpc) is 3.00. The molecule has 1 N–H and O–H groups in total. The first kappa shape index (κ1) is 17.5. The van der Waals surface area contributed by atoms with Gasteiger partial charge in [-0.25, -0.2) is 9.18 Å². The van der Waals surface area contributed by atoms with Gasteiger partial charge in [0.25, 0.3) is 0 Å². The topological polar surface area (TPSA) is 81.3 Å². The molecule has 0 saturated heterocycles. The largest absolute Gasteiger partial charge is 0.496 e. The Labute approximate surface area is 148 Å². The van der Waals surface area contributed by atoms with E-state index in [1.54, 1.807) is 19.1 Å². The molecule has 26 heavy (non-hydrogen) atoms. The van der Waals surface area contributed by atoms with Crippen LogP contribution in [0.25, 0.3) is 22.3 Å². The standard InChI is InChI=1S/C19H16FNO5/c1-3-25-19(22)17-14-9-15(24-2)12(10-21-23)8-16(14)26-18(17)11-4-6-13(20)7-5-11/h4-10,23H,3H2,1-2H3. The molecule has 134 valence electrons. The van der Waals surface area contributed by atoms with Crippen molar-refractivity contribution < 1.29 is 28.3 Å². The quantitative estimate of drug-likeness (QED) is 0.320. The molecular formula is C19H16FNO5. The highest BCUT2D eigenvalue weighted by Gasteiger charge is 2.24. The second-order valence-electron chi connectivity index (χ2n) is 5.37. The Hall–Kier alpha value is -3.35. The minimum atomic E-state index is -0.559. The number of rotatable bonds is 5. The van der Waals surface area contributed by atoms with Gasteiger partial charge < -0.3 is 19.1 Å². The van der Waals surface area contributed by atoms with E-state index in [2.05, 4.69) is 5.16 Å². The van der Waals surface area contributed by atoms with Gasteiger partial charge in [-0.05, 0) is 43.3 Å². The van der Waals surface area contributed by atoms with Crippen LogP contribution in [0, 0.1) is 5.82 Å². The Kier molecular flexibility index (Phi) is 4.88. The van der Waals surface area contributed by atoms with Crippen LogP contribution in [0.15, 0.2) is 46.0 Å². The lowest BCUT2D eigenvalue weighted by atomic mass is 10.0. The molecule has 1 aromatic heterocycles. The molecule has 3 aromatic rings. The highest BCUT2D eigenvalue weighted by atomic mass is 19.1. The second-order valence-corrected chi connectivity index (χ2v) is 5.37. The maximum atomic E-state index is 13.2. The predicted octanol–water partition coefficient (Wildman–Crippen LogP) is 4.23. The van der Waals surface area contributed by atoms with Gasteiger partial charge in [0.1, 0.15) is 28.5 Å². The fourth-order valence-corrected chi connectivity index (χ4v) is 2.69. The summed E-state index contributed by atoms with van der Waals surface area (Å²) in [4.78, 5) is 12.5. The van der Waals surface area contributed by atoms with Gasteiger partial charge in [0.15, 0.2) is 0 Å². The molecule has 7 heteroatoms. The number of nitrogens with zero attached hydrogens (tertiary/aromatic N) is 1. The Morgan fingerprint density at radius 3 is 2.65 bits per heavy atom. The monoisotopic (exact) mass is 357 g/mol. The van der Waals surface area contributed by atoms with Gasteiger partial charge in [-0.2, -0.15) is 0 Å². The van der Waals surface area contributed by atoms with Crippen molar-refractivity contribution in [3.63, 3.8) is 0 Å². The molecule has 2 aromatic carbocycles. The number of carbonyl (C=O) groups is 1. The third-order valence-electron chi connectivity index (χ3n) is 3.82. The van der Waals surface area contributed by atoms with E-state index in [9.17, 15) is 9.18 Å². The van der Waals surface area contributed by atoms with E-state index in [0.29, 0.717) is 27.8 Å². The molecule has 1 heterocycles. The van der Waals surface area contributed by atoms with Gasteiger partial charge in [0.05, 0.1) is 19.9 Å². The molecule has 0 aliphatic rings. The molecule has 0 atom stereocenters. The number of oxime groups is 1. The smallest absolute Gasteiger partial charge is 0.342 e. The fourth-order valence-electron chi connectivity index (χ4n) is 2.69. The molecule has 0 amide bonds. The molecular weight excluding hydrogens is 341 g/mol. The van der Waals surface area contributed by atoms with Crippen LogP contribution in [0.1, 0.15) is 22.8 Å². The van der Waals surface area contributed by atoms with Gasteiger partial charge >= 0.3 is 5.97 Å². The van der Waals surface area contributed by atoms with Crippen molar-refractivity contribution in [2.24, 2.45) is 5.16 Å². The van der Waals surface area contributed by atoms with Crippen LogP contribution in [0.2, 0.25) is 0 Å². The number of methoxy groups -OCH3 is 1. The van der Waals surface area contributed by atoms with E-state index < -0.39 is 11.8 Å². The molecule has 3 rings (SSSR count). The average molecular weight is 357 g/mol. The van der Waals surface area contributed by atoms with E-state index in [1.807, 2.05) is 0 Å². The Balaban J connectivity index is 2.30. The third-order valence-corrected chi connectivity index (χ3v) is 3.82. The first-order valence-corrected chi connectivity index (χ1v) is 7.84. The lowest BCUT2D eigenvalue weighted by Gasteiger charge is -2.05. The maximum absolute atomic E-state index is 13.2. The molecule has 0 saturated carbocycles. The Morgan fingerprint density at radius 1 is 1.31 bits per heavy atom. The molecule has 0 spiro atoms. The molecule has 0 radical (unpaired) electrons. The van der Waals surface area contributed by atoms with Gasteiger partial charge in [-0.3, -0.25) is 0 Å². The number of hydrogen-bond donors (Lipinski definition) is 1. The minimum Gasteiger partial charge on any atom is -0.496 e. The van der Waals surface area contributed by atoms with Gasteiger partial charge in [-0.15, -0.1) is 0 Å². The number of fused-ring (bicyclic) bond motifs is 1. The number of benzene rings is 2. The SMILES string of the molecule is CCOC(=O)c1c(-c2ccc(F)cc2)oc2cc(C=NO)c(OC)cc12. The number of halogens is 1. The van der Waals surface area contributed by atoms with Crippen LogP contribution >= 0.6 is 0 Å². The number of esters is 1. The second kappa shape index (κ2) is 7.26. The van der Waals surface area contributed by atoms with Crippen LogP contribution in [-0.2, 0) is 4.74 Å². The van der Waals surface area contributed by atoms with Crippen LogP contribution in [0.5, 0.6) is 5.75 Å². The fraction of sp³-hybridized carbons (Fsp3) is 0.158. The van der Waals surface area contributed by atoms with Crippen molar-refractivity contribution in [1.82, 2.24) is 0 Å². The molecule has 0 aliphatic carbocycles. The normalized spacial score (nSPS) is 11.2. The summed E-state index contributed by atoms with van der Waals surface area (Å²) in [5, 5.41) is 12.3. The minimum absolute atomic E-state index is 0.195. The zero-order valence-electron chi connectivity index (χ0n) is 14.2. The number of furan rings is 1. The first-order valence-electron chi connectivity index (χ1n) is 7.84. The van der Waals surface area contributed by atoms with Gasteiger partial charge in [0, 0.05) is 16.5 Å². The van der Waals surface area contributed by atoms with Crippen molar-refractivity contribution in [3.05, 3.63) is 53.3 Å². The molecule has 0 aliphatic heterocycles. The highest BCUT2D eigenvalue weighted by Crippen LogP contribution is 2.37. The van der Waals surface area contributed by atoms with Gasteiger partial charge in [-0.1, -0.05) is 5.16 Å². The number of ether oxygens (including phenoxy) is 2. The van der Waals surface area contributed by atoms with E-state index in [4.69, 9.17) is 19.1 Å². The molecule has 0 bridgehead atoms. The zero-order valence-corrected chi connectivity index (χ0v) is 14.2. The van der Waals surface area contributed by atoms with E-state index in [0.717, 1.165) is 0 Å². The summed E-state index contributed by atoms with van der Waals surface area (Å²) in [6, 6.07) is 8.79. The van der Waals surface area contributed by atoms with Crippen LogP contribution in [0.3, 0.4) is 0 Å². The van der Waals surface area contributed by atoms with Crippen molar-refractivity contribution in [2.45, 2.75) is 6.92 Å². The zero-order chi connectivity index (χ0) is 18.7. The predicted molar refractivity (Wildman–Crippen MR) is 93.5 cm³/mol. The summed E-state index contributed by atoms with van der Waals surface area (Å²) in [6.45, 7) is 1.90. The van der Waals surface area contributed by atoms with Crippen molar-refractivity contribution in [2.75, 3.05) is 13.7 Å². The molecule has 0 fully saturated rings. The van der Waals surface area contributed by atoms with Crippen molar-refractivity contribution >= 4 is 23.2 Å². The Bertz CT molecular complexity index is 976. The highest BCUT2D eigenvalue weighted by molar-refractivity contribution is 6.10. The summed E-state index contributed by atoms with van der Waals surface area (Å²) in [5.74, 6) is -0.298. The maximum Gasteiger partial charge on any atom is 0.342 e. The van der Waals surface area contributed by atoms with Crippen molar-refractivity contribution in [3.8, 4) is 17.1 Å². The number of hydrogen-bond acceptors (Lipinski definition) is 6.